The van der Waals surface area contributed by atoms with Crippen LogP contribution in [0.4, 0.5) is 13.2 Å². The maximum absolute atomic E-state index is 13.1. The number of aromatic hydroxyl groups is 1. The Hall–Kier alpha value is -1.72. The van der Waals surface area contributed by atoms with Gasteiger partial charge in [-0.25, -0.2) is 4.39 Å². The summed E-state index contributed by atoms with van der Waals surface area (Å²) in [6.45, 7) is -3.13. The van der Waals surface area contributed by atoms with E-state index in [9.17, 15) is 18.3 Å². The first kappa shape index (κ1) is 11.4. The van der Waals surface area contributed by atoms with Crippen LogP contribution in [-0.4, -0.2) is 25.0 Å². The zero-order valence-corrected chi connectivity index (χ0v) is 7.75. The zero-order valence-electron chi connectivity index (χ0n) is 7.75. The molecule has 0 amide bonds. The second-order valence-corrected chi connectivity index (χ2v) is 2.61. The van der Waals surface area contributed by atoms with Crippen LogP contribution in [0.5, 0.6) is 11.5 Å². The lowest BCUT2D eigenvalue weighted by molar-refractivity contribution is -0.0522. The topological polar surface area (TPSA) is 41.8 Å². The van der Waals surface area contributed by atoms with E-state index in [4.69, 9.17) is 0 Å². The largest absolute Gasteiger partial charge is 0.507 e. The highest BCUT2D eigenvalue weighted by Gasteiger charge is 2.13. The quantitative estimate of drug-likeness (QED) is 0.791. The molecule has 0 aliphatic heterocycles. The van der Waals surface area contributed by atoms with Crippen molar-refractivity contribution in [2.45, 2.75) is 6.61 Å². The van der Waals surface area contributed by atoms with Gasteiger partial charge >= 0.3 is 6.61 Å². The molecule has 1 aromatic rings. The number of phenols is 1. The summed E-state index contributed by atoms with van der Waals surface area (Å²) in [7, 11) is 1.43. The molecule has 0 aliphatic carbocycles. The van der Waals surface area contributed by atoms with Gasteiger partial charge in [-0.2, -0.15) is 8.78 Å². The number of halogens is 3. The molecule has 0 heterocycles. The molecule has 0 unspecified atom stereocenters. The average molecular weight is 219 g/mol. The summed E-state index contributed by atoms with van der Waals surface area (Å²) < 4.78 is 40.5. The van der Waals surface area contributed by atoms with Crippen LogP contribution in [0.25, 0.3) is 0 Å². The number of alkyl halides is 2. The van der Waals surface area contributed by atoms with Crippen molar-refractivity contribution >= 4 is 6.21 Å². The van der Waals surface area contributed by atoms with Gasteiger partial charge in [0.2, 0.25) is 0 Å². The molecular weight excluding hydrogens is 211 g/mol. The van der Waals surface area contributed by atoms with E-state index in [2.05, 4.69) is 9.73 Å². The van der Waals surface area contributed by atoms with Gasteiger partial charge in [-0.05, 0) is 6.07 Å². The summed E-state index contributed by atoms with van der Waals surface area (Å²) in [5.74, 6) is -2.06. The van der Waals surface area contributed by atoms with Gasteiger partial charge in [-0.3, -0.25) is 4.99 Å². The van der Waals surface area contributed by atoms with Crippen LogP contribution in [0.2, 0.25) is 0 Å². The Balaban J connectivity index is 3.07. The van der Waals surface area contributed by atoms with Crippen LogP contribution in [0.15, 0.2) is 17.1 Å². The predicted octanol–water partition coefficient (Wildman–Crippen LogP) is 2.18. The summed E-state index contributed by atoms with van der Waals surface area (Å²) in [6, 6.07) is 1.64. The number of hydrogen-bond acceptors (Lipinski definition) is 3. The van der Waals surface area contributed by atoms with Crippen LogP contribution in [0.3, 0.4) is 0 Å². The first-order valence-corrected chi connectivity index (χ1v) is 3.94. The summed E-state index contributed by atoms with van der Waals surface area (Å²) in [4.78, 5) is 3.56. The number of benzene rings is 1. The third-order valence-corrected chi connectivity index (χ3v) is 1.57. The second-order valence-electron chi connectivity index (χ2n) is 2.61. The van der Waals surface area contributed by atoms with Gasteiger partial charge < -0.3 is 9.84 Å². The number of hydrogen-bond donors (Lipinski definition) is 1. The molecule has 0 spiro atoms. The van der Waals surface area contributed by atoms with Crippen molar-refractivity contribution in [1.29, 1.82) is 0 Å². The number of ether oxygens (including phenoxy) is 1. The van der Waals surface area contributed by atoms with Gasteiger partial charge in [0.1, 0.15) is 5.75 Å². The van der Waals surface area contributed by atoms with Crippen LogP contribution < -0.4 is 4.74 Å². The monoisotopic (exact) mass is 219 g/mol. The number of rotatable bonds is 3. The Morgan fingerprint density at radius 2 is 2.13 bits per heavy atom. The molecule has 1 rings (SSSR count). The van der Waals surface area contributed by atoms with Crippen LogP contribution >= 0.6 is 0 Å². The maximum Gasteiger partial charge on any atom is 0.387 e. The van der Waals surface area contributed by atoms with E-state index in [1.165, 1.54) is 13.3 Å². The molecule has 6 heteroatoms. The minimum Gasteiger partial charge on any atom is -0.507 e. The lowest BCUT2D eigenvalue weighted by Crippen LogP contribution is -2.04. The minimum atomic E-state index is -3.13. The average Bonchev–Trinajstić information content (AvgIpc) is 2.13. The van der Waals surface area contributed by atoms with Gasteiger partial charge in [-0.1, -0.05) is 0 Å². The van der Waals surface area contributed by atoms with Crippen molar-refractivity contribution in [3.8, 4) is 11.5 Å². The lowest BCUT2D eigenvalue weighted by atomic mass is 10.2. The molecule has 0 fully saturated rings. The fourth-order valence-electron chi connectivity index (χ4n) is 0.987. The molecule has 0 saturated heterocycles. The molecule has 0 atom stereocenters. The highest BCUT2D eigenvalue weighted by Crippen LogP contribution is 2.27. The molecule has 0 aliphatic rings. The van der Waals surface area contributed by atoms with E-state index in [0.29, 0.717) is 0 Å². The Bertz CT molecular complexity index is 380. The molecule has 0 bridgehead atoms. The zero-order chi connectivity index (χ0) is 11.4. The second kappa shape index (κ2) is 4.68. The van der Waals surface area contributed by atoms with Gasteiger partial charge in [-0.15, -0.1) is 0 Å². The first-order chi connectivity index (χ1) is 7.04. The Kier molecular flexibility index (Phi) is 3.54. The van der Waals surface area contributed by atoms with Crippen LogP contribution in [0, 0.1) is 5.82 Å². The smallest absolute Gasteiger partial charge is 0.387 e. The molecule has 0 radical (unpaired) electrons. The molecule has 15 heavy (non-hydrogen) atoms. The lowest BCUT2D eigenvalue weighted by Gasteiger charge is -2.07. The summed E-state index contributed by atoms with van der Waals surface area (Å²) >= 11 is 0. The maximum atomic E-state index is 13.1. The number of nitrogens with zero attached hydrogens (tertiary/aromatic N) is 1. The molecule has 82 valence electrons. The molecule has 3 nitrogen and oxygen atoms in total. The minimum absolute atomic E-state index is 0.0941. The van der Waals surface area contributed by atoms with E-state index in [0.717, 1.165) is 12.1 Å². The SMILES string of the molecule is CN=Cc1cc(F)c(OC(F)F)cc1O. The van der Waals surface area contributed by atoms with Crippen molar-refractivity contribution in [2.24, 2.45) is 4.99 Å². The number of aliphatic imine (C=N–C) groups is 1. The van der Waals surface area contributed by atoms with Crippen LogP contribution in [-0.2, 0) is 0 Å². The summed E-state index contributed by atoms with van der Waals surface area (Å²) in [6.07, 6.45) is 1.20. The molecule has 0 saturated carbocycles. The highest BCUT2D eigenvalue weighted by atomic mass is 19.3. The van der Waals surface area contributed by atoms with E-state index in [1.54, 1.807) is 0 Å². The Morgan fingerprint density at radius 3 is 2.67 bits per heavy atom. The summed E-state index contributed by atoms with van der Waals surface area (Å²) in [5.41, 5.74) is 0.0941. The Morgan fingerprint density at radius 1 is 1.47 bits per heavy atom. The molecule has 0 aromatic heterocycles. The van der Waals surface area contributed by atoms with Crippen molar-refractivity contribution < 1.29 is 23.0 Å². The van der Waals surface area contributed by atoms with E-state index in [1.807, 2.05) is 0 Å². The van der Waals surface area contributed by atoms with Crippen molar-refractivity contribution in [3.05, 3.63) is 23.5 Å². The van der Waals surface area contributed by atoms with E-state index >= 15 is 0 Å². The van der Waals surface area contributed by atoms with E-state index in [-0.39, 0.29) is 11.3 Å². The third kappa shape index (κ3) is 2.87. The molecule has 1 aromatic carbocycles. The molecular formula is C9H8F3NO2. The van der Waals surface area contributed by atoms with Gasteiger partial charge in [0.05, 0.1) is 0 Å². The van der Waals surface area contributed by atoms with Crippen molar-refractivity contribution in [3.63, 3.8) is 0 Å². The fourth-order valence-corrected chi connectivity index (χ4v) is 0.987. The summed E-state index contributed by atoms with van der Waals surface area (Å²) in [5, 5.41) is 9.28. The van der Waals surface area contributed by atoms with Crippen LogP contribution in [0.1, 0.15) is 5.56 Å². The van der Waals surface area contributed by atoms with Crippen molar-refractivity contribution in [1.82, 2.24) is 0 Å². The van der Waals surface area contributed by atoms with Crippen molar-refractivity contribution in [2.75, 3.05) is 7.05 Å². The standard InChI is InChI=1S/C9H8F3NO2/c1-13-4-5-2-6(10)8(3-7(5)14)15-9(11)12/h2-4,9,14H,1H3. The van der Waals surface area contributed by atoms with Gasteiger partial charge in [0.15, 0.2) is 11.6 Å². The van der Waals surface area contributed by atoms with Gasteiger partial charge in [0, 0.05) is 24.9 Å². The van der Waals surface area contributed by atoms with Gasteiger partial charge in [0.25, 0.3) is 0 Å². The first-order valence-electron chi connectivity index (χ1n) is 3.94. The normalized spacial score (nSPS) is 11.3. The van der Waals surface area contributed by atoms with E-state index < -0.39 is 18.2 Å². The highest BCUT2D eigenvalue weighted by molar-refractivity contribution is 5.83. The third-order valence-electron chi connectivity index (χ3n) is 1.57. The fraction of sp³-hybridized carbons (Fsp3) is 0.222. The Labute approximate surface area is 83.8 Å². The number of phenolic OH excluding ortho intramolecular Hbond substituents is 1. The molecule has 1 N–H and O–H groups in total. The predicted molar refractivity (Wildman–Crippen MR) is 48.2 cm³/mol.